The Kier molecular flexibility index (Phi) is 6.17. The molecule has 0 radical (unpaired) electrons. The number of nitro groups is 1. The van der Waals surface area contributed by atoms with Crippen LogP contribution >= 0.6 is 0 Å². The number of sulfonamides is 1. The topological polar surface area (TPSA) is 158 Å². The van der Waals surface area contributed by atoms with Crippen molar-refractivity contribution in [3.63, 3.8) is 0 Å². The van der Waals surface area contributed by atoms with Gasteiger partial charge in [-0.15, -0.1) is 10.2 Å². The van der Waals surface area contributed by atoms with Crippen LogP contribution in [0.3, 0.4) is 0 Å². The molecule has 0 fully saturated rings. The van der Waals surface area contributed by atoms with Crippen LogP contribution in [-0.2, 0) is 10.0 Å². The summed E-state index contributed by atoms with van der Waals surface area (Å²) < 4.78 is 24.5. The highest BCUT2D eigenvalue weighted by atomic mass is 32.2. The van der Waals surface area contributed by atoms with Crippen LogP contribution < -0.4 is 10.5 Å². The fourth-order valence-electron chi connectivity index (χ4n) is 3.13. The van der Waals surface area contributed by atoms with Gasteiger partial charge in [0.2, 0.25) is 10.0 Å². The number of nitrogens with two attached hydrogens (primary N) is 1. The average molecular weight is 478 g/mol. The molecule has 3 N–H and O–H groups in total. The van der Waals surface area contributed by atoms with Crippen molar-refractivity contribution in [2.45, 2.75) is 11.8 Å². The Hall–Kier alpha value is -4.42. The molecule has 1 heterocycles. The predicted molar refractivity (Wildman–Crippen MR) is 127 cm³/mol. The molecule has 11 nitrogen and oxygen atoms in total. The number of aromatic nitrogens is 2. The molecular weight excluding hydrogens is 458 g/mol. The number of anilines is 2. The SMILES string of the molecule is Cc1c(N=Nc2ccc(S(N)(=O)=O)cc2)c(Nc2ccccc2)nn1-c1ccc([N+](=O)[O-])cc1. The highest BCUT2D eigenvalue weighted by molar-refractivity contribution is 7.89. The molecule has 0 aliphatic rings. The zero-order valence-electron chi connectivity index (χ0n) is 17.9. The van der Waals surface area contributed by atoms with E-state index in [0.29, 0.717) is 28.6 Å². The van der Waals surface area contributed by atoms with Gasteiger partial charge in [0, 0.05) is 17.8 Å². The summed E-state index contributed by atoms with van der Waals surface area (Å²) in [6.07, 6.45) is 0. The lowest BCUT2D eigenvalue weighted by molar-refractivity contribution is -0.384. The minimum atomic E-state index is -3.81. The Morgan fingerprint density at radius 3 is 2.21 bits per heavy atom. The molecule has 4 rings (SSSR count). The molecule has 3 aromatic carbocycles. The van der Waals surface area contributed by atoms with Gasteiger partial charge in [0.25, 0.3) is 5.69 Å². The van der Waals surface area contributed by atoms with Gasteiger partial charge in [0.1, 0.15) is 0 Å². The third-order valence-corrected chi connectivity index (χ3v) is 5.79. The predicted octanol–water partition coefficient (Wildman–Crippen LogP) is 4.90. The zero-order chi connectivity index (χ0) is 24.3. The first-order valence-corrected chi connectivity index (χ1v) is 11.5. The summed E-state index contributed by atoms with van der Waals surface area (Å²) in [5, 5.41) is 32.5. The van der Waals surface area contributed by atoms with Crippen LogP contribution in [-0.4, -0.2) is 23.1 Å². The first-order chi connectivity index (χ1) is 16.2. The summed E-state index contributed by atoms with van der Waals surface area (Å²) in [6.45, 7) is 1.79. The van der Waals surface area contributed by atoms with Crippen molar-refractivity contribution in [3.05, 3.63) is 94.7 Å². The van der Waals surface area contributed by atoms with Crippen molar-refractivity contribution >= 4 is 38.6 Å². The van der Waals surface area contributed by atoms with Crippen LogP contribution in [0.1, 0.15) is 5.69 Å². The van der Waals surface area contributed by atoms with E-state index in [1.165, 1.54) is 36.4 Å². The summed E-state index contributed by atoms with van der Waals surface area (Å²) in [4.78, 5) is 10.5. The van der Waals surface area contributed by atoms with Crippen molar-refractivity contribution in [3.8, 4) is 5.69 Å². The first-order valence-electron chi connectivity index (χ1n) is 9.93. The molecule has 0 aliphatic carbocycles. The Morgan fingerprint density at radius 1 is 0.971 bits per heavy atom. The molecule has 0 atom stereocenters. The number of para-hydroxylation sites is 1. The summed E-state index contributed by atoms with van der Waals surface area (Å²) >= 11 is 0. The van der Waals surface area contributed by atoms with Crippen molar-refractivity contribution in [2.24, 2.45) is 15.4 Å². The molecule has 12 heteroatoms. The van der Waals surface area contributed by atoms with Gasteiger partial charge in [-0.3, -0.25) is 10.1 Å². The van der Waals surface area contributed by atoms with Gasteiger partial charge >= 0.3 is 0 Å². The summed E-state index contributed by atoms with van der Waals surface area (Å²) in [6, 6.07) is 21.0. The summed E-state index contributed by atoms with van der Waals surface area (Å²) in [7, 11) is -3.81. The second kappa shape index (κ2) is 9.21. The number of hydrogen-bond donors (Lipinski definition) is 2. The van der Waals surface area contributed by atoms with Gasteiger partial charge in [-0.1, -0.05) is 18.2 Å². The second-order valence-electron chi connectivity index (χ2n) is 7.20. The van der Waals surface area contributed by atoms with E-state index >= 15 is 0 Å². The molecule has 34 heavy (non-hydrogen) atoms. The van der Waals surface area contributed by atoms with E-state index in [9.17, 15) is 18.5 Å². The monoisotopic (exact) mass is 477 g/mol. The number of nitro benzene ring substituents is 1. The maximum Gasteiger partial charge on any atom is 0.269 e. The van der Waals surface area contributed by atoms with Gasteiger partial charge < -0.3 is 5.32 Å². The van der Waals surface area contributed by atoms with Crippen LogP contribution in [0.2, 0.25) is 0 Å². The minimum Gasteiger partial charge on any atom is -0.337 e. The fourth-order valence-corrected chi connectivity index (χ4v) is 3.65. The molecule has 4 aromatic rings. The smallest absolute Gasteiger partial charge is 0.269 e. The Balaban J connectivity index is 1.73. The van der Waals surface area contributed by atoms with Gasteiger partial charge in [-0.2, -0.15) is 5.11 Å². The van der Waals surface area contributed by atoms with Gasteiger partial charge in [0.05, 0.1) is 26.9 Å². The molecule has 0 unspecified atom stereocenters. The number of non-ortho nitro benzene ring substituents is 1. The highest BCUT2D eigenvalue weighted by Crippen LogP contribution is 2.34. The number of nitrogens with zero attached hydrogens (tertiary/aromatic N) is 5. The van der Waals surface area contributed by atoms with Gasteiger partial charge in [-0.05, 0) is 55.5 Å². The molecule has 1 aromatic heterocycles. The molecule has 0 spiro atoms. The number of rotatable bonds is 7. The Labute approximate surface area is 194 Å². The van der Waals surface area contributed by atoms with E-state index in [4.69, 9.17) is 5.14 Å². The fraction of sp³-hybridized carbons (Fsp3) is 0.0455. The largest absolute Gasteiger partial charge is 0.337 e. The second-order valence-corrected chi connectivity index (χ2v) is 8.76. The van der Waals surface area contributed by atoms with Gasteiger partial charge in [0.15, 0.2) is 11.5 Å². The molecule has 0 bridgehead atoms. The number of primary sulfonamides is 1. The van der Waals surface area contributed by atoms with E-state index in [1.54, 1.807) is 23.7 Å². The molecular formula is C22H19N7O4S. The molecule has 172 valence electrons. The van der Waals surface area contributed by atoms with E-state index < -0.39 is 14.9 Å². The van der Waals surface area contributed by atoms with Crippen LogP contribution in [0.5, 0.6) is 0 Å². The van der Waals surface area contributed by atoms with Crippen molar-refractivity contribution < 1.29 is 13.3 Å². The number of benzene rings is 3. The Morgan fingerprint density at radius 2 is 1.62 bits per heavy atom. The summed E-state index contributed by atoms with van der Waals surface area (Å²) in [5.41, 5.74) is 2.86. The van der Waals surface area contributed by atoms with Crippen LogP contribution in [0, 0.1) is 17.0 Å². The lowest BCUT2D eigenvalue weighted by Crippen LogP contribution is -2.11. The number of hydrogen-bond acceptors (Lipinski definition) is 8. The van der Waals surface area contributed by atoms with E-state index in [2.05, 4.69) is 20.6 Å². The van der Waals surface area contributed by atoms with E-state index in [-0.39, 0.29) is 10.6 Å². The average Bonchev–Trinajstić information content (AvgIpc) is 3.13. The lowest BCUT2D eigenvalue weighted by Gasteiger charge is -2.03. The standard InChI is InChI=1S/C22H19N7O4S/c1-15-21(26-25-17-7-13-20(14-8-17)34(23,32)33)22(24-16-5-3-2-4-6-16)27-28(15)18-9-11-19(12-10-18)29(30)31/h2-14H,1H3,(H,24,27)(H2,23,32,33). The van der Waals surface area contributed by atoms with E-state index in [1.807, 2.05) is 30.3 Å². The first kappa shape index (κ1) is 22.8. The van der Waals surface area contributed by atoms with Crippen molar-refractivity contribution in [1.29, 1.82) is 0 Å². The van der Waals surface area contributed by atoms with Crippen LogP contribution in [0.25, 0.3) is 5.69 Å². The quantitative estimate of drug-likeness (QED) is 0.219. The molecule has 0 saturated heterocycles. The third-order valence-electron chi connectivity index (χ3n) is 4.86. The van der Waals surface area contributed by atoms with Crippen molar-refractivity contribution in [2.75, 3.05) is 5.32 Å². The zero-order valence-corrected chi connectivity index (χ0v) is 18.7. The maximum absolute atomic E-state index is 11.4. The highest BCUT2D eigenvalue weighted by Gasteiger charge is 2.17. The number of nitrogens with one attached hydrogen (secondary N) is 1. The molecule has 0 aliphatic heterocycles. The van der Waals surface area contributed by atoms with Gasteiger partial charge in [-0.25, -0.2) is 18.2 Å². The molecule has 0 amide bonds. The van der Waals surface area contributed by atoms with Crippen LogP contribution in [0.15, 0.2) is 94.0 Å². The Bertz CT molecular complexity index is 1460. The normalized spacial score (nSPS) is 11.6. The molecule has 0 saturated carbocycles. The summed E-state index contributed by atoms with van der Waals surface area (Å²) in [5.74, 6) is 0.423. The number of azo groups is 1. The lowest BCUT2D eigenvalue weighted by atomic mass is 10.2. The third kappa shape index (κ3) is 4.98. The maximum atomic E-state index is 11.4. The minimum absolute atomic E-state index is 0.0277. The van der Waals surface area contributed by atoms with E-state index in [0.717, 1.165) is 5.69 Å². The van der Waals surface area contributed by atoms with Crippen LogP contribution in [0.4, 0.5) is 28.6 Å². The van der Waals surface area contributed by atoms with Crippen molar-refractivity contribution in [1.82, 2.24) is 9.78 Å².